The fraction of sp³-hybridized carbons (Fsp3) is 0.129. The number of aryl methyl sites for hydroxylation is 2. The highest BCUT2D eigenvalue weighted by Crippen LogP contribution is 2.25. The van der Waals surface area contributed by atoms with E-state index in [1.54, 1.807) is 54.6 Å². The van der Waals surface area contributed by atoms with Crippen LogP contribution in [0.15, 0.2) is 107 Å². The van der Waals surface area contributed by atoms with Gasteiger partial charge in [-0.05, 0) is 103 Å². The van der Waals surface area contributed by atoms with Gasteiger partial charge in [0.15, 0.2) is 6.61 Å². The lowest BCUT2D eigenvalue weighted by molar-refractivity contribution is -0.119. The third-order valence-corrected chi connectivity index (χ3v) is 7.68. The lowest BCUT2D eigenvalue weighted by Gasteiger charge is -2.24. The molecule has 0 aliphatic rings. The summed E-state index contributed by atoms with van der Waals surface area (Å²) in [7, 11) is -4.03. The number of sulfonamides is 1. The zero-order valence-corrected chi connectivity index (χ0v) is 23.8. The Labute approximate surface area is 243 Å². The summed E-state index contributed by atoms with van der Waals surface area (Å²) in [6, 6.07) is 25.2. The van der Waals surface area contributed by atoms with E-state index in [4.69, 9.17) is 4.74 Å². The van der Waals surface area contributed by atoms with Gasteiger partial charge in [-0.25, -0.2) is 18.2 Å². The molecule has 0 heterocycles. The predicted molar refractivity (Wildman–Crippen MR) is 160 cm³/mol. The Morgan fingerprint density at radius 3 is 2.17 bits per heavy atom. The van der Waals surface area contributed by atoms with Crippen LogP contribution >= 0.6 is 0 Å². The number of nitrogens with zero attached hydrogens (tertiary/aromatic N) is 2. The standard InChI is InChI=1S/C31H29FN4O5S/c1-22-16-23(2)18-27(17-22)36(42(39,40)29-6-4-3-5-7-29)20-30(37)35-33-19-24-8-14-28(15-9-24)41-21-31(38)34-26-12-10-25(32)11-13-26/h3-19H,20-21H2,1-2H3,(H,34,38)(H,35,37)/b33-19-. The fourth-order valence-corrected chi connectivity index (χ4v) is 5.43. The van der Waals surface area contributed by atoms with Gasteiger partial charge in [-0.3, -0.25) is 13.9 Å². The molecule has 2 N–H and O–H groups in total. The lowest BCUT2D eigenvalue weighted by Crippen LogP contribution is -2.39. The van der Waals surface area contributed by atoms with Crippen LogP contribution < -0.4 is 19.8 Å². The van der Waals surface area contributed by atoms with Gasteiger partial charge in [-0.2, -0.15) is 5.10 Å². The minimum absolute atomic E-state index is 0.0655. The van der Waals surface area contributed by atoms with E-state index in [0.29, 0.717) is 22.7 Å². The number of hydrogen-bond donors (Lipinski definition) is 2. The number of anilines is 2. The molecule has 9 nitrogen and oxygen atoms in total. The Hall–Kier alpha value is -5.03. The van der Waals surface area contributed by atoms with Gasteiger partial charge in [0.25, 0.3) is 21.8 Å². The van der Waals surface area contributed by atoms with E-state index in [-0.39, 0.29) is 11.5 Å². The van der Waals surface area contributed by atoms with Crippen molar-refractivity contribution in [1.82, 2.24) is 5.43 Å². The number of benzene rings is 4. The van der Waals surface area contributed by atoms with Crippen molar-refractivity contribution < 1.29 is 27.1 Å². The van der Waals surface area contributed by atoms with Gasteiger partial charge in [0, 0.05) is 5.69 Å². The molecule has 0 aromatic heterocycles. The maximum Gasteiger partial charge on any atom is 0.264 e. The first-order valence-electron chi connectivity index (χ1n) is 12.9. The molecular weight excluding hydrogens is 559 g/mol. The van der Waals surface area contributed by atoms with Gasteiger partial charge in [0.05, 0.1) is 16.8 Å². The highest BCUT2D eigenvalue weighted by Gasteiger charge is 2.27. The predicted octanol–water partition coefficient (Wildman–Crippen LogP) is 4.81. The minimum atomic E-state index is -4.03. The third-order valence-electron chi connectivity index (χ3n) is 5.89. The lowest BCUT2D eigenvalue weighted by atomic mass is 10.1. The highest BCUT2D eigenvalue weighted by atomic mass is 32.2. The highest BCUT2D eigenvalue weighted by molar-refractivity contribution is 7.92. The molecule has 42 heavy (non-hydrogen) atoms. The van der Waals surface area contributed by atoms with Crippen LogP contribution in [0.5, 0.6) is 5.75 Å². The monoisotopic (exact) mass is 588 g/mol. The number of hydrogen-bond acceptors (Lipinski definition) is 6. The number of carbonyl (C=O) groups is 2. The molecule has 4 rings (SSSR count). The summed E-state index contributed by atoms with van der Waals surface area (Å²) >= 11 is 0. The molecule has 216 valence electrons. The van der Waals surface area contributed by atoms with Crippen LogP contribution in [0.4, 0.5) is 15.8 Å². The Bertz CT molecular complexity index is 1660. The van der Waals surface area contributed by atoms with Gasteiger partial charge in [-0.15, -0.1) is 0 Å². The maximum atomic E-state index is 13.5. The largest absolute Gasteiger partial charge is 0.484 e. The zero-order valence-electron chi connectivity index (χ0n) is 23.0. The molecule has 2 amide bonds. The number of nitrogens with one attached hydrogen (secondary N) is 2. The zero-order chi connectivity index (χ0) is 30.1. The number of carbonyl (C=O) groups excluding carboxylic acids is 2. The molecular formula is C31H29FN4O5S. The summed E-state index contributed by atoms with van der Waals surface area (Å²) in [6.07, 6.45) is 1.40. The fourth-order valence-electron chi connectivity index (χ4n) is 4.00. The molecule has 0 aliphatic heterocycles. The molecule has 0 atom stereocenters. The molecule has 0 radical (unpaired) electrons. The summed E-state index contributed by atoms with van der Waals surface area (Å²) in [5.74, 6) is -1.00. The van der Waals surface area contributed by atoms with Crippen molar-refractivity contribution in [3.8, 4) is 5.75 Å². The first kappa shape index (κ1) is 29.9. The van der Waals surface area contributed by atoms with E-state index in [1.165, 1.54) is 42.6 Å². The second-order valence-corrected chi connectivity index (χ2v) is 11.2. The summed E-state index contributed by atoms with van der Waals surface area (Å²) in [6.45, 7) is 2.98. The van der Waals surface area contributed by atoms with E-state index in [1.807, 2.05) is 19.9 Å². The van der Waals surface area contributed by atoms with E-state index >= 15 is 0 Å². The number of amides is 2. The van der Waals surface area contributed by atoms with Crippen LogP contribution in [0.2, 0.25) is 0 Å². The van der Waals surface area contributed by atoms with Crippen molar-refractivity contribution in [2.45, 2.75) is 18.7 Å². The average Bonchev–Trinajstić information content (AvgIpc) is 2.96. The Balaban J connectivity index is 1.35. The van der Waals surface area contributed by atoms with Gasteiger partial charge in [0.1, 0.15) is 18.1 Å². The van der Waals surface area contributed by atoms with Crippen molar-refractivity contribution in [3.05, 3.63) is 120 Å². The topological polar surface area (TPSA) is 117 Å². The van der Waals surface area contributed by atoms with Gasteiger partial charge < -0.3 is 10.1 Å². The molecule has 0 aliphatic carbocycles. The van der Waals surface area contributed by atoms with Gasteiger partial charge >= 0.3 is 0 Å². The van der Waals surface area contributed by atoms with E-state index in [0.717, 1.165) is 15.4 Å². The van der Waals surface area contributed by atoms with Crippen LogP contribution in [-0.2, 0) is 19.6 Å². The van der Waals surface area contributed by atoms with E-state index in [2.05, 4.69) is 15.8 Å². The van der Waals surface area contributed by atoms with Gasteiger partial charge in [-0.1, -0.05) is 24.3 Å². The maximum absolute atomic E-state index is 13.5. The molecule has 4 aromatic rings. The molecule has 0 fully saturated rings. The molecule has 0 saturated carbocycles. The quantitative estimate of drug-likeness (QED) is 0.193. The number of rotatable bonds is 11. The Kier molecular flexibility index (Phi) is 9.66. The SMILES string of the molecule is Cc1cc(C)cc(N(CC(=O)N/N=C\c2ccc(OCC(=O)Nc3ccc(F)cc3)cc2)S(=O)(=O)c2ccccc2)c1. The second-order valence-electron chi connectivity index (χ2n) is 9.38. The van der Waals surface area contributed by atoms with Crippen molar-refractivity contribution in [3.63, 3.8) is 0 Å². The van der Waals surface area contributed by atoms with Crippen LogP contribution in [0.3, 0.4) is 0 Å². The van der Waals surface area contributed by atoms with Crippen LogP contribution in [-0.4, -0.2) is 39.6 Å². The molecule has 4 aromatic carbocycles. The Morgan fingerprint density at radius 1 is 0.881 bits per heavy atom. The van der Waals surface area contributed by atoms with Crippen molar-refractivity contribution >= 4 is 39.4 Å². The normalized spacial score (nSPS) is 11.2. The minimum Gasteiger partial charge on any atom is -0.484 e. The summed E-state index contributed by atoms with van der Waals surface area (Å²) < 4.78 is 46.5. The second kappa shape index (κ2) is 13.6. The molecule has 0 spiro atoms. The van der Waals surface area contributed by atoms with Crippen LogP contribution in [0.25, 0.3) is 0 Å². The van der Waals surface area contributed by atoms with Crippen LogP contribution in [0, 0.1) is 19.7 Å². The summed E-state index contributed by atoms with van der Waals surface area (Å²) in [5, 5.41) is 6.56. The number of halogens is 1. The third kappa shape index (κ3) is 8.24. The first-order valence-corrected chi connectivity index (χ1v) is 14.3. The van der Waals surface area contributed by atoms with E-state index in [9.17, 15) is 22.4 Å². The van der Waals surface area contributed by atoms with E-state index < -0.39 is 34.2 Å². The average molecular weight is 589 g/mol. The van der Waals surface area contributed by atoms with Crippen LogP contribution in [0.1, 0.15) is 16.7 Å². The summed E-state index contributed by atoms with van der Waals surface area (Å²) in [4.78, 5) is 24.9. The van der Waals surface area contributed by atoms with Gasteiger partial charge in [0.2, 0.25) is 0 Å². The smallest absolute Gasteiger partial charge is 0.264 e. The first-order chi connectivity index (χ1) is 20.1. The molecule has 0 unspecified atom stereocenters. The Morgan fingerprint density at radius 2 is 1.52 bits per heavy atom. The molecule has 11 heteroatoms. The molecule has 0 saturated heterocycles. The number of hydrazone groups is 1. The van der Waals surface area contributed by atoms with Crippen molar-refractivity contribution in [2.24, 2.45) is 5.10 Å². The summed E-state index contributed by atoms with van der Waals surface area (Å²) in [5.41, 5.74) is 5.55. The molecule has 0 bridgehead atoms. The van der Waals surface area contributed by atoms with Crippen molar-refractivity contribution in [2.75, 3.05) is 22.8 Å². The number of ether oxygens (including phenoxy) is 1. The van der Waals surface area contributed by atoms with Crippen molar-refractivity contribution in [1.29, 1.82) is 0 Å².